The third kappa shape index (κ3) is 5.24. The highest BCUT2D eigenvalue weighted by Gasteiger charge is 2.55. The van der Waals surface area contributed by atoms with E-state index in [2.05, 4.69) is 12.6 Å². The highest BCUT2D eigenvalue weighted by molar-refractivity contribution is 7.80. The number of nitro benzene ring substituents is 1. The highest BCUT2D eigenvalue weighted by atomic mass is 32.1. The summed E-state index contributed by atoms with van der Waals surface area (Å²) in [5.74, 6) is -1.17. The van der Waals surface area contributed by atoms with Crippen molar-refractivity contribution < 1.29 is 28.5 Å². The van der Waals surface area contributed by atoms with Crippen LogP contribution in [0.1, 0.15) is 39.2 Å². The number of ether oxygens (including phenoxy) is 1. The number of carbonyl (C=O) groups is 3. The molecule has 1 aliphatic heterocycles. The van der Waals surface area contributed by atoms with Crippen LogP contribution in [-0.4, -0.2) is 69.6 Å². The van der Waals surface area contributed by atoms with Crippen LogP contribution in [0.4, 0.5) is 5.69 Å². The minimum Gasteiger partial charge on any atom is -0.459 e. The molecule has 10 heteroatoms. The number of non-ortho nitro benzene ring substituents is 1. The van der Waals surface area contributed by atoms with Gasteiger partial charge in [0.25, 0.3) is 5.69 Å². The quantitative estimate of drug-likeness (QED) is 0.0992. The number of ketones is 1. The average molecular weight is 453 g/mol. The molecule has 170 valence electrons. The number of likely N-dealkylation sites (tertiary alicyclic amines) is 1. The first-order chi connectivity index (χ1) is 14.7. The Balaban J connectivity index is 2.22. The number of carbonyl (C=O) groups excluding carboxylic acids is 3. The van der Waals surface area contributed by atoms with Gasteiger partial charge in [0.2, 0.25) is 5.91 Å². The van der Waals surface area contributed by atoms with E-state index in [0.29, 0.717) is 10.0 Å². The normalized spacial score (nSPS) is 17.1. The van der Waals surface area contributed by atoms with Gasteiger partial charge in [-0.1, -0.05) is 0 Å². The number of thiol groups is 1. The number of quaternary nitrogens is 1. The highest BCUT2D eigenvalue weighted by Crippen LogP contribution is 2.32. The fourth-order valence-corrected chi connectivity index (χ4v) is 4.31. The molecule has 1 heterocycles. The number of Topliss-reactive ketones (excluding diaryl/α,β-unsaturated/α-hetero) is 1. The Labute approximate surface area is 187 Å². The second kappa shape index (κ2) is 10.7. The molecule has 0 aromatic heterocycles. The van der Waals surface area contributed by atoms with Crippen molar-refractivity contribution in [2.45, 2.75) is 52.4 Å². The van der Waals surface area contributed by atoms with Gasteiger partial charge in [-0.2, -0.15) is 12.6 Å². The number of rotatable bonds is 12. The molecule has 0 bridgehead atoms. The average Bonchev–Trinajstić information content (AvgIpc) is 2.76. The van der Waals surface area contributed by atoms with Crippen molar-refractivity contribution in [3.63, 3.8) is 0 Å². The van der Waals surface area contributed by atoms with Gasteiger partial charge in [0.1, 0.15) is 6.61 Å². The molecule has 31 heavy (non-hydrogen) atoms. The van der Waals surface area contributed by atoms with E-state index in [0.717, 1.165) is 19.6 Å². The van der Waals surface area contributed by atoms with Crippen LogP contribution in [0.5, 0.6) is 0 Å². The van der Waals surface area contributed by atoms with Crippen LogP contribution in [0, 0.1) is 10.1 Å². The molecule has 2 atom stereocenters. The van der Waals surface area contributed by atoms with E-state index in [4.69, 9.17) is 4.74 Å². The fourth-order valence-electron chi connectivity index (χ4n) is 4.08. The van der Waals surface area contributed by atoms with Gasteiger partial charge in [0.05, 0.1) is 31.0 Å². The lowest BCUT2D eigenvalue weighted by molar-refractivity contribution is -0.959. The molecule has 0 N–H and O–H groups in total. The molecule has 0 saturated carbocycles. The summed E-state index contributed by atoms with van der Waals surface area (Å²) >= 11 is 4.10. The fraction of sp³-hybridized carbons (Fsp3) is 0.571. The van der Waals surface area contributed by atoms with Crippen LogP contribution in [0.25, 0.3) is 0 Å². The summed E-state index contributed by atoms with van der Waals surface area (Å²) < 4.78 is 5.97. The molecule has 0 spiro atoms. The van der Waals surface area contributed by atoms with Crippen LogP contribution < -0.4 is 0 Å². The third-order valence-corrected chi connectivity index (χ3v) is 6.40. The Hall–Kier alpha value is -2.46. The minimum atomic E-state index is -1.31. The molecule has 1 aromatic rings. The maximum atomic E-state index is 12.9. The van der Waals surface area contributed by atoms with Crippen molar-refractivity contribution in [3.05, 3.63) is 39.9 Å². The van der Waals surface area contributed by atoms with Crippen molar-refractivity contribution in [1.29, 1.82) is 0 Å². The zero-order chi connectivity index (χ0) is 23.2. The van der Waals surface area contributed by atoms with E-state index < -0.39 is 22.7 Å². The Morgan fingerprint density at radius 1 is 1.23 bits per heavy atom. The van der Waals surface area contributed by atoms with Crippen molar-refractivity contribution in [2.24, 2.45) is 0 Å². The maximum Gasteiger partial charge on any atom is 0.337 e. The number of amides is 1. The smallest absolute Gasteiger partial charge is 0.337 e. The molecule has 2 unspecified atom stereocenters. The number of hydrogen-bond acceptors (Lipinski definition) is 7. The molecule has 1 amide bonds. The maximum absolute atomic E-state index is 12.9. The Kier molecular flexibility index (Phi) is 8.58. The summed E-state index contributed by atoms with van der Waals surface area (Å²) in [6.07, 6.45) is 0.0742. The number of hydrogen-bond donors (Lipinski definition) is 1. The van der Waals surface area contributed by atoms with E-state index in [9.17, 15) is 24.5 Å². The van der Waals surface area contributed by atoms with Crippen LogP contribution in [0.3, 0.4) is 0 Å². The lowest BCUT2D eigenvalue weighted by Crippen LogP contribution is -2.74. The van der Waals surface area contributed by atoms with E-state index in [1.54, 1.807) is 0 Å². The summed E-state index contributed by atoms with van der Waals surface area (Å²) in [5.41, 5.74) is 0.477. The van der Waals surface area contributed by atoms with Crippen molar-refractivity contribution >= 4 is 36.0 Å². The molecule has 1 saturated heterocycles. The first kappa shape index (κ1) is 24.8. The van der Waals surface area contributed by atoms with E-state index >= 15 is 0 Å². The second-order valence-electron chi connectivity index (χ2n) is 7.53. The summed E-state index contributed by atoms with van der Waals surface area (Å²) in [6, 6.07) is 4.30. The first-order valence-electron chi connectivity index (χ1n) is 10.4. The van der Waals surface area contributed by atoms with E-state index in [1.807, 2.05) is 20.8 Å². The number of benzene rings is 1. The van der Waals surface area contributed by atoms with Gasteiger partial charge in [-0.25, -0.2) is 4.79 Å². The topological polar surface area (TPSA) is 107 Å². The Morgan fingerprint density at radius 3 is 2.26 bits per heavy atom. The van der Waals surface area contributed by atoms with Crippen LogP contribution in [-0.2, 0) is 25.7 Å². The lowest BCUT2D eigenvalue weighted by atomic mass is 9.97. The minimum absolute atomic E-state index is 0.0429. The third-order valence-electron chi connectivity index (χ3n) is 6.18. The van der Waals surface area contributed by atoms with E-state index in [-0.39, 0.29) is 43.0 Å². The zero-order valence-electron chi connectivity index (χ0n) is 18.2. The van der Waals surface area contributed by atoms with Gasteiger partial charge < -0.3 is 9.22 Å². The van der Waals surface area contributed by atoms with Crippen molar-refractivity contribution in [3.8, 4) is 0 Å². The molecule has 1 aromatic carbocycles. The summed E-state index contributed by atoms with van der Waals surface area (Å²) in [5, 5.41) is 10.8. The van der Waals surface area contributed by atoms with Gasteiger partial charge in [-0.15, -0.1) is 0 Å². The van der Waals surface area contributed by atoms with Gasteiger partial charge >= 0.3 is 5.97 Å². The Bertz CT molecular complexity index is 817. The lowest BCUT2D eigenvalue weighted by Gasteiger charge is -2.53. The standard InChI is InChI=1S/C21H29N3O6S/c1-4-24(5-2,6-3)18-13-19(26)22(18)20(17(25)11-12-31)21(27)30-14-15-7-9-16(10-8-15)23(28)29/h7-10,18,20H,4-6,11-14H2,1-3H3/p+1. The van der Waals surface area contributed by atoms with Gasteiger partial charge in [0.15, 0.2) is 18.0 Å². The van der Waals surface area contributed by atoms with Gasteiger partial charge in [-0.05, 0) is 44.2 Å². The molecule has 9 nitrogen and oxygen atoms in total. The van der Waals surface area contributed by atoms with Gasteiger partial charge in [0, 0.05) is 18.6 Å². The van der Waals surface area contributed by atoms with Crippen LogP contribution in [0.2, 0.25) is 0 Å². The molecule has 1 aliphatic rings. The Morgan fingerprint density at radius 2 is 1.81 bits per heavy atom. The molecule has 1 fully saturated rings. The largest absolute Gasteiger partial charge is 0.459 e. The monoisotopic (exact) mass is 452 g/mol. The first-order valence-corrected chi connectivity index (χ1v) is 11.1. The van der Waals surface area contributed by atoms with Gasteiger partial charge in [-0.3, -0.25) is 24.6 Å². The predicted molar refractivity (Wildman–Crippen MR) is 117 cm³/mol. The van der Waals surface area contributed by atoms with Crippen LogP contribution >= 0.6 is 12.6 Å². The number of β-lactam (4-membered cyclic amide) rings is 1. The number of nitro groups is 1. The SMILES string of the molecule is CC[N+](CC)(CC)C1CC(=O)N1C(C(=O)CCS)C(=O)OCc1ccc([N+](=O)[O-])cc1. The summed E-state index contributed by atoms with van der Waals surface area (Å²) in [6.45, 7) is 8.26. The van der Waals surface area contributed by atoms with E-state index in [1.165, 1.54) is 29.2 Å². The molecular weight excluding hydrogens is 422 g/mol. The van der Waals surface area contributed by atoms with Crippen molar-refractivity contribution in [1.82, 2.24) is 4.90 Å². The second-order valence-corrected chi connectivity index (χ2v) is 7.97. The number of esters is 1. The molecule has 2 rings (SSSR count). The van der Waals surface area contributed by atoms with Crippen molar-refractivity contribution in [2.75, 3.05) is 25.4 Å². The predicted octanol–water partition coefficient (Wildman–Crippen LogP) is 2.33. The summed E-state index contributed by atoms with van der Waals surface area (Å²) in [4.78, 5) is 49.9. The zero-order valence-corrected chi connectivity index (χ0v) is 19.0. The molecule has 0 radical (unpaired) electrons. The number of nitrogens with zero attached hydrogens (tertiary/aromatic N) is 3. The molecule has 0 aliphatic carbocycles. The van der Waals surface area contributed by atoms with Crippen LogP contribution in [0.15, 0.2) is 24.3 Å². The molecular formula is C21H30N3O6S+. The summed E-state index contributed by atoms with van der Waals surface area (Å²) in [7, 11) is 0.